The van der Waals surface area contributed by atoms with Crippen LogP contribution in [0.4, 0.5) is 0 Å². The first kappa shape index (κ1) is 16.7. The van der Waals surface area contributed by atoms with Crippen LogP contribution in [0.15, 0.2) is 41.6 Å². The van der Waals surface area contributed by atoms with Crippen molar-refractivity contribution in [1.82, 2.24) is 14.1 Å². The molecule has 1 unspecified atom stereocenters. The molecular formula is C16H19N3O4S. The standard InChI is InChI=1S/C16H19N3O4S/c1-18-10-13(9-17-18)8-12-6-7-19(11-12)24(22,23)15-4-2-14(3-5-15)16(20)21/h2-5,9-10,12H,6-8,11H2,1H3,(H,20,21). The molecule has 0 amide bonds. The largest absolute Gasteiger partial charge is 0.478 e. The van der Waals surface area contributed by atoms with Gasteiger partial charge >= 0.3 is 5.97 Å². The molecule has 3 rings (SSSR count). The highest BCUT2D eigenvalue weighted by Crippen LogP contribution is 2.26. The molecule has 1 fully saturated rings. The SMILES string of the molecule is Cn1cc(CC2CCN(S(=O)(=O)c3ccc(C(=O)O)cc3)C2)cn1. The molecule has 1 aromatic carbocycles. The lowest BCUT2D eigenvalue weighted by molar-refractivity contribution is 0.0696. The minimum atomic E-state index is -3.58. The maximum absolute atomic E-state index is 12.7. The number of carboxylic acid groups (broad SMARTS) is 1. The molecule has 2 heterocycles. The lowest BCUT2D eigenvalue weighted by Crippen LogP contribution is -2.29. The van der Waals surface area contributed by atoms with Crippen LogP contribution >= 0.6 is 0 Å². The van der Waals surface area contributed by atoms with Crippen molar-refractivity contribution in [2.75, 3.05) is 13.1 Å². The Hall–Kier alpha value is -2.19. The average Bonchev–Trinajstić information content (AvgIpc) is 3.17. The number of aryl methyl sites for hydroxylation is 1. The minimum Gasteiger partial charge on any atom is -0.478 e. The minimum absolute atomic E-state index is 0.0739. The topological polar surface area (TPSA) is 92.5 Å². The highest BCUT2D eigenvalue weighted by Gasteiger charge is 2.32. The summed E-state index contributed by atoms with van der Waals surface area (Å²) < 4.78 is 28.6. The summed E-state index contributed by atoms with van der Waals surface area (Å²) in [5.74, 6) is -0.807. The maximum atomic E-state index is 12.7. The lowest BCUT2D eigenvalue weighted by atomic mass is 10.0. The summed E-state index contributed by atoms with van der Waals surface area (Å²) in [6.07, 6.45) is 5.36. The number of rotatable bonds is 5. The van der Waals surface area contributed by atoms with Crippen LogP contribution in [0, 0.1) is 5.92 Å². The first-order valence-corrected chi connectivity index (χ1v) is 9.11. The molecule has 0 saturated carbocycles. The van der Waals surface area contributed by atoms with Crippen molar-refractivity contribution >= 4 is 16.0 Å². The number of sulfonamides is 1. The van der Waals surface area contributed by atoms with Crippen molar-refractivity contribution in [3.8, 4) is 0 Å². The summed E-state index contributed by atoms with van der Waals surface area (Å²) >= 11 is 0. The number of hydrogen-bond donors (Lipinski definition) is 1. The van der Waals surface area contributed by atoms with Crippen molar-refractivity contribution in [2.24, 2.45) is 13.0 Å². The van der Waals surface area contributed by atoms with Gasteiger partial charge in [-0.25, -0.2) is 13.2 Å². The molecule has 0 spiro atoms. The van der Waals surface area contributed by atoms with Gasteiger partial charge in [-0.2, -0.15) is 9.40 Å². The van der Waals surface area contributed by atoms with Crippen molar-refractivity contribution < 1.29 is 18.3 Å². The van der Waals surface area contributed by atoms with Gasteiger partial charge in [0.15, 0.2) is 0 Å². The lowest BCUT2D eigenvalue weighted by Gasteiger charge is -2.16. The fourth-order valence-corrected chi connectivity index (χ4v) is 4.54. The van der Waals surface area contributed by atoms with Gasteiger partial charge in [-0.15, -0.1) is 0 Å². The number of aromatic carboxylic acids is 1. The zero-order valence-corrected chi connectivity index (χ0v) is 14.1. The third kappa shape index (κ3) is 3.34. The van der Waals surface area contributed by atoms with E-state index in [1.54, 1.807) is 4.68 Å². The number of benzene rings is 1. The van der Waals surface area contributed by atoms with E-state index in [0.717, 1.165) is 18.4 Å². The van der Waals surface area contributed by atoms with Gasteiger partial charge in [-0.3, -0.25) is 4.68 Å². The smallest absolute Gasteiger partial charge is 0.335 e. The number of aromatic nitrogens is 2. The van der Waals surface area contributed by atoms with Crippen LogP contribution in [0.1, 0.15) is 22.3 Å². The van der Waals surface area contributed by atoms with Gasteiger partial charge in [0, 0.05) is 26.3 Å². The fourth-order valence-electron chi connectivity index (χ4n) is 3.01. The molecule has 0 aliphatic carbocycles. The van der Waals surface area contributed by atoms with Crippen LogP contribution in [0.3, 0.4) is 0 Å². The molecule has 7 nitrogen and oxygen atoms in total. The number of carbonyl (C=O) groups is 1. The van der Waals surface area contributed by atoms with Crippen LogP contribution in [0.25, 0.3) is 0 Å². The van der Waals surface area contributed by atoms with Crippen molar-refractivity contribution in [1.29, 1.82) is 0 Å². The highest BCUT2D eigenvalue weighted by molar-refractivity contribution is 7.89. The molecule has 24 heavy (non-hydrogen) atoms. The van der Waals surface area contributed by atoms with E-state index < -0.39 is 16.0 Å². The zero-order valence-electron chi connectivity index (χ0n) is 13.3. The number of nitrogens with zero attached hydrogens (tertiary/aromatic N) is 3. The van der Waals surface area contributed by atoms with E-state index in [2.05, 4.69) is 5.10 Å². The highest BCUT2D eigenvalue weighted by atomic mass is 32.2. The molecule has 2 aromatic rings. The molecule has 1 aliphatic rings. The molecule has 0 radical (unpaired) electrons. The van der Waals surface area contributed by atoms with Gasteiger partial charge in [0.1, 0.15) is 0 Å². The summed E-state index contributed by atoms with van der Waals surface area (Å²) in [6.45, 7) is 0.950. The number of hydrogen-bond acceptors (Lipinski definition) is 4. The van der Waals surface area contributed by atoms with E-state index >= 15 is 0 Å². The van der Waals surface area contributed by atoms with Gasteiger partial charge in [0.05, 0.1) is 16.7 Å². The second kappa shape index (κ2) is 6.37. The Bertz CT molecular complexity index is 842. The summed E-state index contributed by atoms with van der Waals surface area (Å²) in [6, 6.07) is 5.34. The molecule has 0 bridgehead atoms. The summed E-state index contributed by atoms with van der Waals surface area (Å²) in [7, 11) is -1.72. The Morgan fingerprint density at radius 1 is 1.33 bits per heavy atom. The predicted molar refractivity (Wildman–Crippen MR) is 87.2 cm³/mol. The third-order valence-electron chi connectivity index (χ3n) is 4.27. The Morgan fingerprint density at radius 3 is 2.62 bits per heavy atom. The normalized spacial score (nSPS) is 18.8. The molecule has 1 atom stereocenters. The summed E-state index contributed by atoms with van der Waals surface area (Å²) in [4.78, 5) is 11.0. The van der Waals surface area contributed by atoms with E-state index in [1.165, 1.54) is 28.6 Å². The number of carboxylic acids is 1. The monoisotopic (exact) mass is 349 g/mol. The van der Waals surface area contributed by atoms with Crippen molar-refractivity contribution in [2.45, 2.75) is 17.7 Å². The predicted octanol–water partition coefficient (Wildman–Crippen LogP) is 1.37. The van der Waals surface area contributed by atoms with Gasteiger partial charge in [0.25, 0.3) is 0 Å². The molecular weight excluding hydrogens is 330 g/mol. The quantitative estimate of drug-likeness (QED) is 0.880. The molecule has 128 valence electrons. The van der Waals surface area contributed by atoms with Crippen molar-refractivity contribution in [3.05, 3.63) is 47.8 Å². The average molecular weight is 349 g/mol. The maximum Gasteiger partial charge on any atom is 0.335 e. The Kier molecular flexibility index (Phi) is 4.42. The van der Waals surface area contributed by atoms with E-state index in [1.807, 2.05) is 19.4 Å². The summed E-state index contributed by atoms with van der Waals surface area (Å²) in [5, 5.41) is 13.0. The first-order valence-electron chi connectivity index (χ1n) is 7.67. The van der Waals surface area contributed by atoms with E-state index in [-0.39, 0.29) is 16.4 Å². The Labute approximate surface area is 140 Å². The second-order valence-electron chi connectivity index (χ2n) is 6.07. The van der Waals surface area contributed by atoms with Crippen LogP contribution in [0.2, 0.25) is 0 Å². The third-order valence-corrected chi connectivity index (χ3v) is 6.15. The van der Waals surface area contributed by atoms with Crippen LogP contribution < -0.4 is 0 Å². The van der Waals surface area contributed by atoms with Crippen LogP contribution in [-0.2, 0) is 23.5 Å². The van der Waals surface area contributed by atoms with Gasteiger partial charge in [-0.1, -0.05) is 0 Å². The molecule has 1 saturated heterocycles. The van der Waals surface area contributed by atoms with Crippen LogP contribution in [0.5, 0.6) is 0 Å². The Morgan fingerprint density at radius 2 is 2.04 bits per heavy atom. The van der Waals surface area contributed by atoms with E-state index in [0.29, 0.717) is 13.1 Å². The molecule has 8 heteroatoms. The molecule has 1 aromatic heterocycles. The summed E-state index contributed by atoms with van der Waals surface area (Å²) in [5.41, 5.74) is 1.18. The van der Waals surface area contributed by atoms with Gasteiger partial charge < -0.3 is 5.11 Å². The second-order valence-corrected chi connectivity index (χ2v) is 8.01. The van der Waals surface area contributed by atoms with Crippen molar-refractivity contribution in [3.63, 3.8) is 0 Å². The first-order chi connectivity index (χ1) is 11.4. The van der Waals surface area contributed by atoms with E-state index in [4.69, 9.17) is 5.11 Å². The molecule has 1 aliphatic heterocycles. The van der Waals surface area contributed by atoms with E-state index in [9.17, 15) is 13.2 Å². The van der Waals surface area contributed by atoms with Gasteiger partial charge in [0.2, 0.25) is 10.0 Å². The Balaban J connectivity index is 1.70. The fraction of sp³-hybridized carbons (Fsp3) is 0.375. The van der Waals surface area contributed by atoms with Crippen LogP contribution in [-0.4, -0.2) is 46.7 Å². The zero-order chi connectivity index (χ0) is 17.3. The van der Waals surface area contributed by atoms with Gasteiger partial charge in [-0.05, 0) is 48.6 Å². The molecule has 1 N–H and O–H groups in total.